The van der Waals surface area contributed by atoms with E-state index < -0.39 is 10.0 Å². The van der Waals surface area contributed by atoms with Gasteiger partial charge in [0.1, 0.15) is 4.90 Å². The summed E-state index contributed by atoms with van der Waals surface area (Å²) in [4.78, 5) is 2.51. The van der Waals surface area contributed by atoms with Gasteiger partial charge in [-0.05, 0) is 46.4 Å². The second kappa shape index (κ2) is 6.87. The molecule has 0 unspecified atom stereocenters. The fraction of sp³-hybridized carbons (Fsp3) is 0.769. The maximum atomic E-state index is 12.6. The molecule has 8 heteroatoms. The summed E-state index contributed by atoms with van der Waals surface area (Å²) in [6, 6.07) is 0.00693. The maximum Gasteiger partial charge on any atom is 0.244 e. The zero-order chi connectivity index (χ0) is 15.5. The minimum atomic E-state index is -3.53. The van der Waals surface area contributed by atoms with E-state index in [9.17, 15) is 8.42 Å². The van der Waals surface area contributed by atoms with E-state index in [-0.39, 0.29) is 6.04 Å². The summed E-state index contributed by atoms with van der Waals surface area (Å²) in [5.74, 6) is 0. The molecular weight excluding hydrogens is 290 g/mol. The molecule has 1 aliphatic heterocycles. The first-order valence-corrected chi connectivity index (χ1v) is 8.87. The molecule has 3 N–H and O–H groups in total. The van der Waals surface area contributed by atoms with Gasteiger partial charge in [-0.25, -0.2) is 13.1 Å². The highest BCUT2D eigenvalue weighted by Gasteiger charge is 2.28. The number of nitrogens with one attached hydrogen (secondary N) is 3. The standard InChI is InChI=1S/C13H25N5O2S/c1-4-14-9-12-13(10(2)15-16-12)21(19,20)17-11-5-7-18(3)8-6-11/h11,14,17H,4-9H2,1-3H3,(H,15,16). The molecule has 120 valence electrons. The Bertz CT molecular complexity index is 561. The van der Waals surface area contributed by atoms with Crippen LogP contribution in [0.1, 0.15) is 31.2 Å². The molecule has 1 aromatic rings. The average molecular weight is 315 g/mol. The largest absolute Gasteiger partial charge is 0.311 e. The average Bonchev–Trinajstić information content (AvgIpc) is 2.81. The van der Waals surface area contributed by atoms with Crippen molar-refractivity contribution < 1.29 is 8.42 Å². The molecule has 2 heterocycles. The van der Waals surface area contributed by atoms with Gasteiger partial charge in [0.15, 0.2) is 0 Å². The molecule has 1 aromatic heterocycles. The smallest absolute Gasteiger partial charge is 0.244 e. The number of likely N-dealkylation sites (tertiary alicyclic amines) is 1. The third-order valence-corrected chi connectivity index (χ3v) is 5.54. The summed E-state index contributed by atoms with van der Waals surface area (Å²) in [5, 5.41) is 10.0. The first kappa shape index (κ1) is 16.4. The fourth-order valence-electron chi connectivity index (χ4n) is 2.59. The van der Waals surface area contributed by atoms with Crippen LogP contribution in [0.3, 0.4) is 0 Å². The highest BCUT2D eigenvalue weighted by atomic mass is 32.2. The number of rotatable bonds is 6. The zero-order valence-corrected chi connectivity index (χ0v) is 13.8. The lowest BCUT2D eigenvalue weighted by molar-refractivity contribution is 0.248. The number of piperidine rings is 1. The summed E-state index contributed by atoms with van der Waals surface area (Å²) in [6.07, 6.45) is 1.68. The molecule has 0 spiro atoms. The fourth-order valence-corrected chi connectivity index (χ4v) is 4.26. The van der Waals surface area contributed by atoms with Crippen molar-refractivity contribution in [3.8, 4) is 0 Å². The molecule has 7 nitrogen and oxygen atoms in total. The number of aryl methyl sites for hydroxylation is 1. The molecule has 1 saturated heterocycles. The van der Waals surface area contributed by atoms with E-state index in [1.54, 1.807) is 6.92 Å². The predicted octanol–water partition coefficient (Wildman–Crippen LogP) is 0.200. The summed E-state index contributed by atoms with van der Waals surface area (Å²) in [5.41, 5.74) is 1.14. The number of aromatic amines is 1. The van der Waals surface area contributed by atoms with Crippen molar-refractivity contribution in [2.45, 2.75) is 44.2 Å². The van der Waals surface area contributed by atoms with E-state index in [0.717, 1.165) is 32.5 Å². The number of H-pyrrole nitrogens is 1. The van der Waals surface area contributed by atoms with Crippen LogP contribution in [0.15, 0.2) is 4.90 Å². The second-order valence-electron chi connectivity index (χ2n) is 5.60. The minimum absolute atomic E-state index is 0.00693. The number of hydrogen-bond acceptors (Lipinski definition) is 5. The van der Waals surface area contributed by atoms with Gasteiger partial charge in [-0.3, -0.25) is 5.10 Å². The quantitative estimate of drug-likeness (QED) is 0.698. The van der Waals surface area contributed by atoms with Gasteiger partial charge in [0, 0.05) is 12.6 Å². The highest BCUT2D eigenvalue weighted by Crippen LogP contribution is 2.19. The van der Waals surface area contributed by atoms with Gasteiger partial charge in [-0.2, -0.15) is 5.10 Å². The summed E-state index contributed by atoms with van der Waals surface area (Å²) in [7, 11) is -1.47. The van der Waals surface area contributed by atoms with Gasteiger partial charge in [0.05, 0.1) is 11.4 Å². The lowest BCUT2D eigenvalue weighted by Gasteiger charge is -2.29. The zero-order valence-electron chi connectivity index (χ0n) is 12.9. The molecule has 0 radical (unpaired) electrons. The van der Waals surface area contributed by atoms with Crippen LogP contribution in [0.2, 0.25) is 0 Å². The highest BCUT2D eigenvalue weighted by molar-refractivity contribution is 7.89. The lowest BCUT2D eigenvalue weighted by Crippen LogP contribution is -2.43. The van der Waals surface area contributed by atoms with Crippen LogP contribution in [-0.4, -0.2) is 56.2 Å². The Kier molecular flexibility index (Phi) is 5.37. The van der Waals surface area contributed by atoms with Gasteiger partial charge in [-0.1, -0.05) is 6.92 Å². The van der Waals surface area contributed by atoms with E-state index >= 15 is 0 Å². The SMILES string of the molecule is CCNCc1n[nH]c(C)c1S(=O)(=O)NC1CCN(C)CC1. The molecule has 21 heavy (non-hydrogen) atoms. The Balaban J connectivity index is 2.13. The molecule has 0 amide bonds. The number of aromatic nitrogens is 2. The summed E-state index contributed by atoms with van der Waals surface area (Å²) < 4.78 is 28.1. The van der Waals surface area contributed by atoms with Crippen LogP contribution < -0.4 is 10.0 Å². The van der Waals surface area contributed by atoms with E-state index in [4.69, 9.17) is 0 Å². The van der Waals surface area contributed by atoms with Crippen molar-refractivity contribution >= 4 is 10.0 Å². The van der Waals surface area contributed by atoms with Crippen molar-refractivity contribution in [2.75, 3.05) is 26.7 Å². The van der Waals surface area contributed by atoms with Crippen molar-refractivity contribution in [3.05, 3.63) is 11.4 Å². The van der Waals surface area contributed by atoms with Crippen molar-refractivity contribution in [2.24, 2.45) is 0 Å². The van der Waals surface area contributed by atoms with Gasteiger partial charge < -0.3 is 10.2 Å². The monoisotopic (exact) mass is 315 g/mol. The summed E-state index contributed by atoms with van der Waals surface area (Å²) >= 11 is 0. The molecule has 0 aliphatic carbocycles. The molecule has 1 fully saturated rings. The van der Waals surface area contributed by atoms with E-state index in [1.807, 2.05) is 6.92 Å². The molecular formula is C13H25N5O2S. The molecule has 1 aliphatic rings. The summed E-state index contributed by atoms with van der Waals surface area (Å²) in [6.45, 7) is 6.78. The Labute approximate surface area is 126 Å². The van der Waals surface area contributed by atoms with Crippen molar-refractivity contribution in [1.82, 2.24) is 25.1 Å². The van der Waals surface area contributed by atoms with E-state index in [1.165, 1.54) is 0 Å². The van der Waals surface area contributed by atoms with Gasteiger partial charge in [-0.15, -0.1) is 0 Å². The Morgan fingerprint density at radius 3 is 2.67 bits per heavy atom. The van der Waals surface area contributed by atoms with Crippen LogP contribution in [0.5, 0.6) is 0 Å². The van der Waals surface area contributed by atoms with Crippen LogP contribution in [0.4, 0.5) is 0 Å². The van der Waals surface area contributed by atoms with Crippen LogP contribution in [0.25, 0.3) is 0 Å². The second-order valence-corrected chi connectivity index (χ2v) is 7.25. The van der Waals surface area contributed by atoms with Crippen molar-refractivity contribution in [3.63, 3.8) is 0 Å². The van der Waals surface area contributed by atoms with Gasteiger partial charge >= 0.3 is 0 Å². The van der Waals surface area contributed by atoms with Gasteiger partial charge in [0.25, 0.3) is 0 Å². The normalized spacial score (nSPS) is 18.2. The van der Waals surface area contributed by atoms with E-state index in [0.29, 0.717) is 22.8 Å². The van der Waals surface area contributed by atoms with E-state index in [2.05, 4.69) is 32.2 Å². The maximum absolute atomic E-state index is 12.6. The van der Waals surface area contributed by atoms with Crippen molar-refractivity contribution in [1.29, 1.82) is 0 Å². The first-order valence-electron chi connectivity index (χ1n) is 7.39. The van der Waals surface area contributed by atoms with Crippen LogP contribution >= 0.6 is 0 Å². The minimum Gasteiger partial charge on any atom is -0.311 e. The third-order valence-electron chi connectivity index (χ3n) is 3.81. The lowest BCUT2D eigenvalue weighted by atomic mass is 10.1. The number of hydrogen-bond donors (Lipinski definition) is 3. The Hall–Kier alpha value is -0.960. The molecule has 0 saturated carbocycles. The Morgan fingerprint density at radius 2 is 2.05 bits per heavy atom. The predicted molar refractivity (Wildman–Crippen MR) is 81.5 cm³/mol. The first-order chi connectivity index (χ1) is 9.94. The third kappa shape index (κ3) is 4.03. The molecule has 0 atom stereocenters. The van der Waals surface area contributed by atoms with Gasteiger partial charge in [0.2, 0.25) is 10.0 Å². The van der Waals surface area contributed by atoms with Crippen LogP contribution in [-0.2, 0) is 16.6 Å². The molecule has 0 aromatic carbocycles. The van der Waals surface area contributed by atoms with Crippen LogP contribution in [0, 0.1) is 6.92 Å². The Morgan fingerprint density at radius 1 is 1.38 bits per heavy atom. The number of sulfonamides is 1. The topological polar surface area (TPSA) is 90.1 Å². The molecule has 2 rings (SSSR count). The number of nitrogens with zero attached hydrogens (tertiary/aromatic N) is 2. The molecule has 0 bridgehead atoms.